The zero-order chi connectivity index (χ0) is 13.8. The van der Waals surface area contributed by atoms with Crippen molar-refractivity contribution in [1.29, 1.82) is 0 Å². The number of hydrogen-bond donors (Lipinski definition) is 1. The molecule has 2 aromatic rings. The highest BCUT2D eigenvalue weighted by Crippen LogP contribution is 2.34. The largest absolute Gasteiger partial charge is 0.316 e. The molecule has 100 valence electrons. The highest BCUT2D eigenvalue weighted by Gasteiger charge is 2.04. The maximum Gasteiger partial charge on any atom is 0.0603 e. The second-order valence-electron chi connectivity index (χ2n) is 3.96. The summed E-state index contributed by atoms with van der Waals surface area (Å²) in [6.07, 6.45) is 0. The molecule has 5 heteroatoms. The van der Waals surface area contributed by atoms with Crippen LogP contribution in [0.2, 0.25) is 10.0 Å². The highest BCUT2D eigenvalue weighted by atomic mass is 79.9. The summed E-state index contributed by atoms with van der Waals surface area (Å²) in [6.45, 7) is 0.846. The normalized spacial score (nSPS) is 10.7. The molecule has 2 rings (SSSR count). The molecule has 0 heterocycles. The quantitative estimate of drug-likeness (QED) is 0.742. The van der Waals surface area contributed by atoms with Crippen LogP contribution in [-0.4, -0.2) is 7.05 Å². The fraction of sp³-hybridized carbons (Fsp3) is 0.143. The summed E-state index contributed by atoms with van der Waals surface area (Å²) in [6, 6.07) is 12.0. The third-order valence-corrected chi connectivity index (χ3v) is 4.98. The minimum absolute atomic E-state index is 0.580. The van der Waals surface area contributed by atoms with E-state index in [1.54, 1.807) is 11.8 Å². The second kappa shape index (κ2) is 7.00. The van der Waals surface area contributed by atoms with E-state index in [-0.39, 0.29) is 0 Å². The molecule has 0 atom stereocenters. The van der Waals surface area contributed by atoms with Gasteiger partial charge in [0.1, 0.15) is 0 Å². The number of halogens is 3. The Balaban J connectivity index is 2.19. The van der Waals surface area contributed by atoms with Gasteiger partial charge < -0.3 is 5.32 Å². The van der Waals surface area contributed by atoms with E-state index in [0.717, 1.165) is 20.8 Å². The van der Waals surface area contributed by atoms with Crippen molar-refractivity contribution in [2.45, 2.75) is 16.3 Å². The standard InChI is InChI=1S/C14H12BrCl2NS/c1-18-8-9-2-3-10(6-12(9)15)19-11-4-5-13(16)14(17)7-11/h2-7,18H,8H2,1H3. The highest BCUT2D eigenvalue weighted by molar-refractivity contribution is 9.10. The number of rotatable bonds is 4. The van der Waals surface area contributed by atoms with Crippen molar-refractivity contribution in [3.8, 4) is 0 Å². The molecule has 0 spiro atoms. The predicted octanol–water partition coefficient (Wildman–Crippen LogP) is 5.63. The van der Waals surface area contributed by atoms with Gasteiger partial charge in [0, 0.05) is 20.8 Å². The Kier molecular flexibility index (Phi) is 5.60. The van der Waals surface area contributed by atoms with E-state index in [1.165, 1.54) is 5.56 Å². The molecule has 0 fully saturated rings. The third kappa shape index (κ3) is 4.14. The molecule has 19 heavy (non-hydrogen) atoms. The van der Waals surface area contributed by atoms with Crippen molar-refractivity contribution in [3.05, 3.63) is 56.5 Å². The number of hydrogen-bond acceptors (Lipinski definition) is 2. The fourth-order valence-corrected chi connectivity index (χ4v) is 3.53. The Labute approximate surface area is 135 Å². The van der Waals surface area contributed by atoms with E-state index in [9.17, 15) is 0 Å². The van der Waals surface area contributed by atoms with Crippen LogP contribution in [0.4, 0.5) is 0 Å². The molecule has 0 saturated heterocycles. The molecule has 0 aliphatic carbocycles. The van der Waals surface area contributed by atoms with E-state index < -0.39 is 0 Å². The summed E-state index contributed by atoms with van der Waals surface area (Å²) in [4.78, 5) is 2.23. The van der Waals surface area contributed by atoms with Crippen molar-refractivity contribution in [2.75, 3.05) is 7.05 Å². The first-order valence-electron chi connectivity index (χ1n) is 5.66. The van der Waals surface area contributed by atoms with Crippen LogP contribution in [0.1, 0.15) is 5.56 Å². The Bertz CT molecular complexity index is 590. The van der Waals surface area contributed by atoms with Gasteiger partial charge in [0.25, 0.3) is 0 Å². The van der Waals surface area contributed by atoms with E-state index in [1.807, 2.05) is 25.2 Å². The van der Waals surface area contributed by atoms with Gasteiger partial charge in [-0.05, 0) is 42.9 Å². The number of nitrogens with one attached hydrogen (secondary N) is 1. The summed E-state index contributed by atoms with van der Waals surface area (Å²) in [5, 5.41) is 4.30. The van der Waals surface area contributed by atoms with Gasteiger partial charge in [0.05, 0.1) is 10.0 Å². The van der Waals surface area contributed by atoms with Crippen LogP contribution in [-0.2, 0) is 6.54 Å². The van der Waals surface area contributed by atoms with Gasteiger partial charge >= 0.3 is 0 Å². The lowest BCUT2D eigenvalue weighted by atomic mass is 10.2. The first kappa shape index (κ1) is 15.2. The van der Waals surface area contributed by atoms with E-state index in [2.05, 4.69) is 39.4 Å². The first-order chi connectivity index (χ1) is 9.10. The molecule has 0 amide bonds. The summed E-state index contributed by atoms with van der Waals surface area (Å²) < 4.78 is 1.10. The first-order valence-corrected chi connectivity index (χ1v) is 8.02. The lowest BCUT2D eigenvalue weighted by Crippen LogP contribution is -2.05. The van der Waals surface area contributed by atoms with Crippen LogP contribution in [0, 0.1) is 0 Å². The monoisotopic (exact) mass is 375 g/mol. The minimum atomic E-state index is 0.580. The Hall–Kier alpha value is -0.190. The fourth-order valence-electron chi connectivity index (χ4n) is 1.60. The van der Waals surface area contributed by atoms with Gasteiger partial charge in [-0.3, -0.25) is 0 Å². The van der Waals surface area contributed by atoms with Gasteiger partial charge in [-0.2, -0.15) is 0 Å². The zero-order valence-corrected chi connectivity index (χ0v) is 14.1. The van der Waals surface area contributed by atoms with Crippen LogP contribution in [0.25, 0.3) is 0 Å². The van der Waals surface area contributed by atoms with Crippen molar-refractivity contribution < 1.29 is 0 Å². The van der Waals surface area contributed by atoms with Crippen LogP contribution in [0.3, 0.4) is 0 Å². The van der Waals surface area contributed by atoms with E-state index in [0.29, 0.717) is 10.0 Å². The van der Waals surface area contributed by atoms with Crippen LogP contribution in [0.15, 0.2) is 50.7 Å². The molecular formula is C14H12BrCl2NS. The lowest BCUT2D eigenvalue weighted by molar-refractivity contribution is 0.813. The molecule has 0 aromatic heterocycles. The van der Waals surface area contributed by atoms with Crippen molar-refractivity contribution in [2.24, 2.45) is 0 Å². The molecular weight excluding hydrogens is 365 g/mol. The van der Waals surface area contributed by atoms with Gasteiger partial charge in [0.15, 0.2) is 0 Å². The summed E-state index contributed by atoms with van der Waals surface area (Å²) in [5.41, 5.74) is 1.24. The van der Waals surface area contributed by atoms with Gasteiger partial charge in [0.2, 0.25) is 0 Å². The number of benzene rings is 2. The molecule has 2 aromatic carbocycles. The molecule has 0 radical (unpaired) electrons. The predicted molar refractivity (Wildman–Crippen MR) is 87.5 cm³/mol. The van der Waals surface area contributed by atoms with Crippen LogP contribution >= 0.6 is 50.9 Å². The lowest BCUT2D eigenvalue weighted by Gasteiger charge is -2.07. The van der Waals surface area contributed by atoms with Crippen molar-refractivity contribution in [3.63, 3.8) is 0 Å². The van der Waals surface area contributed by atoms with E-state index >= 15 is 0 Å². The summed E-state index contributed by atoms with van der Waals surface area (Å²) in [5.74, 6) is 0. The third-order valence-electron chi connectivity index (χ3n) is 2.52. The molecule has 0 bridgehead atoms. The molecule has 1 nitrogen and oxygen atoms in total. The topological polar surface area (TPSA) is 12.0 Å². The Morgan fingerprint density at radius 1 is 1.05 bits per heavy atom. The summed E-state index contributed by atoms with van der Waals surface area (Å²) >= 11 is 17.2. The Morgan fingerprint density at radius 3 is 2.37 bits per heavy atom. The smallest absolute Gasteiger partial charge is 0.0603 e. The SMILES string of the molecule is CNCc1ccc(Sc2ccc(Cl)c(Cl)c2)cc1Br. The van der Waals surface area contributed by atoms with Gasteiger partial charge in [-0.25, -0.2) is 0 Å². The molecule has 0 aliphatic heterocycles. The maximum atomic E-state index is 6.01. The van der Waals surface area contributed by atoms with Crippen molar-refractivity contribution in [1.82, 2.24) is 5.32 Å². The van der Waals surface area contributed by atoms with Crippen LogP contribution in [0.5, 0.6) is 0 Å². The average Bonchev–Trinajstić information content (AvgIpc) is 2.37. The molecule has 0 unspecified atom stereocenters. The minimum Gasteiger partial charge on any atom is -0.316 e. The molecule has 0 aliphatic rings. The second-order valence-corrected chi connectivity index (χ2v) is 6.78. The van der Waals surface area contributed by atoms with E-state index in [4.69, 9.17) is 23.2 Å². The zero-order valence-electron chi connectivity index (χ0n) is 10.2. The molecule has 0 saturated carbocycles. The molecule has 1 N–H and O–H groups in total. The van der Waals surface area contributed by atoms with Gasteiger partial charge in [-0.15, -0.1) is 0 Å². The summed E-state index contributed by atoms with van der Waals surface area (Å²) in [7, 11) is 1.94. The average molecular weight is 377 g/mol. The maximum absolute atomic E-state index is 6.01. The van der Waals surface area contributed by atoms with Crippen molar-refractivity contribution >= 4 is 50.9 Å². The Morgan fingerprint density at radius 2 is 1.74 bits per heavy atom. The van der Waals surface area contributed by atoms with Crippen LogP contribution < -0.4 is 5.32 Å². The van der Waals surface area contributed by atoms with Gasteiger partial charge in [-0.1, -0.05) is 57.0 Å².